The first kappa shape index (κ1) is 35.7. The number of nitrogens with zero attached hydrogens (tertiary/aromatic N) is 1. The first-order chi connectivity index (χ1) is 30.8. The molecular weight excluding hydrogens is 751 g/mol. The summed E-state index contributed by atoms with van der Waals surface area (Å²) in [5.74, 6) is 0. The molecule has 0 amide bonds. The third kappa shape index (κ3) is 5.80. The SMILES string of the molecule is c1ccc(-c2ccc(N(c3ccccc3-c3ccc4c(c3)c(-c3ccccc3)c(-c3ccccc3)c3ccccc34)c3cccc4c3oc3ccccc34)c3ccccc23)cc1. The van der Waals surface area contributed by atoms with Gasteiger partial charge in [0.05, 0.1) is 17.1 Å². The molecule has 12 rings (SSSR count). The third-order valence-electron chi connectivity index (χ3n) is 12.5. The Morgan fingerprint density at radius 3 is 1.53 bits per heavy atom. The number of anilines is 3. The Morgan fingerprint density at radius 1 is 0.258 bits per heavy atom. The molecule has 0 bridgehead atoms. The number of hydrogen-bond acceptors (Lipinski definition) is 2. The fraction of sp³-hybridized carbons (Fsp3) is 0. The number of para-hydroxylation sites is 3. The number of hydrogen-bond donors (Lipinski definition) is 0. The second kappa shape index (κ2) is 14.8. The molecule has 0 saturated carbocycles. The van der Waals surface area contributed by atoms with Crippen molar-refractivity contribution >= 4 is 71.3 Å². The Bertz CT molecular complexity index is 3630. The molecule has 0 unspecified atom stereocenters. The maximum atomic E-state index is 6.84. The number of benzene rings is 11. The van der Waals surface area contributed by atoms with Crippen molar-refractivity contribution in [1.82, 2.24) is 0 Å². The van der Waals surface area contributed by atoms with Crippen molar-refractivity contribution in [1.29, 1.82) is 0 Å². The van der Waals surface area contributed by atoms with Crippen LogP contribution in [0.25, 0.3) is 98.8 Å². The Labute approximate surface area is 360 Å². The summed E-state index contributed by atoms with van der Waals surface area (Å²) >= 11 is 0. The Kier molecular flexibility index (Phi) is 8.53. The van der Waals surface area contributed by atoms with Crippen LogP contribution in [0, 0.1) is 0 Å². The first-order valence-corrected chi connectivity index (χ1v) is 21.3. The van der Waals surface area contributed by atoms with E-state index in [1.165, 1.54) is 60.3 Å². The topological polar surface area (TPSA) is 16.4 Å². The van der Waals surface area contributed by atoms with Gasteiger partial charge in [-0.25, -0.2) is 0 Å². The number of rotatable bonds is 7. The maximum absolute atomic E-state index is 6.84. The molecule has 1 heterocycles. The van der Waals surface area contributed by atoms with Gasteiger partial charge in [0, 0.05) is 21.7 Å². The molecule has 0 aliphatic heterocycles. The molecule has 62 heavy (non-hydrogen) atoms. The van der Waals surface area contributed by atoms with Gasteiger partial charge in [0.15, 0.2) is 5.58 Å². The first-order valence-electron chi connectivity index (χ1n) is 21.3. The molecule has 0 radical (unpaired) electrons. The molecule has 0 fully saturated rings. The monoisotopic (exact) mass is 789 g/mol. The highest BCUT2D eigenvalue weighted by atomic mass is 16.3. The molecule has 290 valence electrons. The summed E-state index contributed by atoms with van der Waals surface area (Å²) in [6, 6.07) is 85.4. The van der Waals surface area contributed by atoms with Crippen LogP contribution in [0.15, 0.2) is 241 Å². The minimum atomic E-state index is 0.851. The summed E-state index contributed by atoms with van der Waals surface area (Å²) in [5, 5.41) is 9.46. The average Bonchev–Trinajstić information content (AvgIpc) is 3.74. The smallest absolute Gasteiger partial charge is 0.159 e. The van der Waals surface area contributed by atoms with Gasteiger partial charge in [-0.15, -0.1) is 0 Å². The number of fused-ring (bicyclic) bond motifs is 7. The lowest BCUT2D eigenvalue weighted by Crippen LogP contribution is -2.12. The van der Waals surface area contributed by atoms with Crippen molar-refractivity contribution in [2.45, 2.75) is 0 Å². The molecule has 0 aliphatic rings. The molecule has 0 atom stereocenters. The Hall–Kier alpha value is -8.20. The van der Waals surface area contributed by atoms with E-state index in [1.807, 2.05) is 6.07 Å². The lowest BCUT2D eigenvalue weighted by Gasteiger charge is -2.29. The van der Waals surface area contributed by atoms with Gasteiger partial charge in [-0.2, -0.15) is 0 Å². The largest absolute Gasteiger partial charge is 0.454 e. The lowest BCUT2D eigenvalue weighted by atomic mass is 9.84. The van der Waals surface area contributed by atoms with Gasteiger partial charge in [0.1, 0.15) is 5.58 Å². The van der Waals surface area contributed by atoms with Crippen LogP contribution in [0.2, 0.25) is 0 Å². The van der Waals surface area contributed by atoms with E-state index in [1.54, 1.807) is 0 Å². The van der Waals surface area contributed by atoms with E-state index in [9.17, 15) is 0 Å². The molecule has 0 aliphatic carbocycles. The highest BCUT2D eigenvalue weighted by Gasteiger charge is 2.25. The maximum Gasteiger partial charge on any atom is 0.159 e. The van der Waals surface area contributed by atoms with E-state index in [0.717, 1.165) is 55.5 Å². The molecule has 1 aromatic heterocycles. The molecule has 0 saturated heterocycles. The summed E-state index contributed by atoms with van der Waals surface area (Å²) in [6.45, 7) is 0. The second-order valence-corrected chi connectivity index (χ2v) is 15.9. The molecule has 11 aromatic carbocycles. The molecular formula is C60H39NO. The minimum absolute atomic E-state index is 0.851. The zero-order valence-electron chi connectivity index (χ0n) is 33.9. The van der Waals surface area contributed by atoms with Gasteiger partial charge in [0.2, 0.25) is 0 Å². The number of furan rings is 1. The fourth-order valence-electron chi connectivity index (χ4n) is 9.73. The van der Waals surface area contributed by atoms with Crippen molar-refractivity contribution < 1.29 is 4.42 Å². The summed E-state index contributed by atoms with van der Waals surface area (Å²) in [7, 11) is 0. The van der Waals surface area contributed by atoms with Gasteiger partial charge >= 0.3 is 0 Å². The van der Waals surface area contributed by atoms with Crippen molar-refractivity contribution in [3.8, 4) is 44.5 Å². The zero-order valence-corrected chi connectivity index (χ0v) is 33.9. The van der Waals surface area contributed by atoms with Crippen molar-refractivity contribution in [2.75, 3.05) is 4.90 Å². The van der Waals surface area contributed by atoms with Crippen LogP contribution < -0.4 is 4.90 Å². The van der Waals surface area contributed by atoms with Crippen molar-refractivity contribution in [2.24, 2.45) is 0 Å². The Morgan fingerprint density at radius 2 is 0.790 bits per heavy atom. The molecule has 2 nitrogen and oxygen atoms in total. The second-order valence-electron chi connectivity index (χ2n) is 15.9. The quantitative estimate of drug-likeness (QED) is 0.150. The average molecular weight is 790 g/mol. The highest BCUT2D eigenvalue weighted by molar-refractivity contribution is 6.22. The zero-order chi connectivity index (χ0) is 41.0. The summed E-state index contributed by atoms with van der Waals surface area (Å²) in [5.41, 5.74) is 14.3. The van der Waals surface area contributed by atoms with Crippen LogP contribution >= 0.6 is 0 Å². The van der Waals surface area contributed by atoms with Crippen molar-refractivity contribution in [3.05, 3.63) is 237 Å². The van der Waals surface area contributed by atoms with Crippen LogP contribution in [-0.2, 0) is 0 Å². The normalized spacial score (nSPS) is 11.5. The minimum Gasteiger partial charge on any atom is -0.454 e. The Balaban J connectivity index is 1.16. The predicted octanol–water partition coefficient (Wildman–Crippen LogP) is 17.2. The van der Waals surface area contributed by atoms with Crippen LogP contribution in [-0.4, -0.2) is 0 Å². The highest BCUT2D eigenvalue weighted by Crippen LogP contribution is 2.50. The van der Waals surface area contributed by atoms with Crippen LogP contribution in [0.5, 0.6) is 0 Å². The van der Waals surface area contributed by atoms with Gasteiger partial charge < -0.3 is 9.32 Å². The van der Waals surface area contributed by atoms with Crippen LogP contribution in [0.4, 0.5) is 17.1 Å². The summed E-state index contributed by atoms with van der Waals surface area (Å²) in [4.78, 5) is 2.43. The fourth-order valence-corrected chi connectivity index (χ4v) is 9.73. The van der Waals surface area contributed by atoms with E-state index < -0.39 is 0 Å². The van der Waals surface area contributed by atoms with E-state index in [-0.39, 0.29) is 0 Å². The van der Waals surface area contributed by atoms with Crippen LogP contribution in [0.1, 0.15) is 0 Å². The van der Waals surface area contributed by atoms with Crippen molar-refractivity contribution in [3.63, 3.8) is 0 Å². The van der Waals surface area contributed by atoms with E-state index in [2.05, 4.69) is 235 Å². The van der Waals surface area contributed by atoms with E-state index >= 15 is 0 Å². The van der Waals surface area contributed by atoms with Crippen LogP contribution in [0.3, 0.4) is 0 Å². The molecule has 2 heteroatoms. The molecule has 12 aromatic rings. The summed E-state index contributed by atoms with van der Waals surface area (Å²) in [6.07, 6.45) is 0. The summed E-state index contributed by atoms with van der Waals surface area (Å²) < 4.78 is 6.84. The third-order valence-corrected chi connectivity index (χ3v) is 12.5. The van der Waals surface area contributed by atoms with Gasteiger partial charge in [0.25, 0.3) is 0 Å². The van der Waals surface area contributed by atoms with E-state index in [4.69, 9.17) is 4.42 Å². The van der Waals surface area contributed by atoms with Gasteiger partial charge in [-0.05, 0) is 96.2 Å². The standard InChI is InChI=1S/C60H39NO/c1-4-19-40(20-5-1)44-37-38-55(49-28-12-10-26-46(44)49)61(56-33-18-31-52-50-29-15-17-34-57(50)62-60(52)56)54-32-16-14-25-45(54)43-35-36-48-47-27-11-13-30-51(47)58(41-21-6-2-7-22-41)59(53(48)39-43)42-23-8-3-9-24-42/h1-39H. The lowest BCUT2D eigenvalue weighted by molar-refractivity contribution is 0.669. The predicted molar refractivity (Wildman–Crippen MR) is 263 cm³/mol. The van der Waals surface area contributed by atoms with Gasteiger partial charge in [-0.3, -0.25) is 0 Å². The van der Waals surface area contributed by atoms with E-state index in [0.29, 0.717) is 0 Å². The molecule has 0 N–H and O–H groups in total. The molecule has 0 spiro atoms. The van der Waals surface area contributed by atoms with Gasteiger partial charge in [-0.1, -0.05) is 206 Å².